The Labute approximate surface area is 609 Å². The van der Waals surface area contributed by atoms with Crippen LogP contribution < -0.4 is 31.2 Å². The normalized spacial score (nSPS) is 19.7. The van der Waals surface area contributed by atoms with Crippen LogP contribution in [0, 0.1) is 0 Å². The summed E-state index contributed by atoms with van der Waals surface area (Å²) in [5.41, 5.74) is 16.2. The first-order chi connectivity index (χ1) is 50.6. The number of carboxylic acids is 1. The third-order valence-electron chi connectivity index (χ3n) is 18.1. The molecule has 4 aliphatic heterocycles. The van der Waals surface area contributed by atoms with Gasteiger partial charge in [-0.2, -0.15) is 26.8 Å². The molecule has 8 heterocycles. The van der Waals surface area contributed by atoms with Gasteiger partial charge in [0.05, 0.1) is 64.5 Å². The molecule has 8 aromatic carbocycles. The Morgan fingerprint density at radius 1 is 0.486 bits per heavy atom. The Morgan fingerprint density at radius 2 is 0.867 bits per heavy atom. The molecular formula is C74H66Cl2N10O17S2. The van der Waals surface area contributed by atoms with Crippen LogP contribution in [0.1, 0.15) is 20.7 Å². The summed E-state index contributed by atoms with van der Waals surface area (Å²) in [5, 5.41) is 41.4. The fraction of sp³-hybridized carbons (Fsp3) is 0.216. The monoisotopic (exact) mass is 1500 g/mol. The largest absolute Gasteiger partial charge is 0.478 e. The van der Waals surface area contributed by atoms with E-state index in [1.54, 1.807) is 103 Å². The van der Waals surface area contributed by atoms with E-state index in [4.69, 9.17) is 62.5 Å². The lowest BCUT2D eigenvalue weighted by Gasteiger charge is -2.15. The predicted octanol–water partition coefficient (Wildman–Crippen LogP) is 10.1. The van der Waals surface area contributed by atoms with Crippen molar-refractivity contribution in [2.24, 2.45) is 5.73 Å². The number of H-pyrrole nitrogens is 2. The lowest BCUT2D eigenvalue weighted by Crippen LogP contribution is -2.34. The van der Waals surface area contributed by atoms with Gasteiger partial charge in [0.25, 0.3) is 38.2 Å². The molecule has 0 aliphatic carbocycles. The minimum Gasteiger partial charge on any atom is -0.478 e. The highest BCUT2D eigenvalue weighted by molar-refractivity contribution is 7.86. The number of hydrogen-bond donors (Lipinski definition) is 11. The zero-order valence-electron chi connectivity index (χ0n) is 55.2. The van der Waals surface area contributed by atoms with Gasteiger partial charge in [0.15, 0.2) is 23.5 Å². The fourth-order valence-corrected chi connectivity index (χ4v) is 14.9. The molecule has 0 bridgehead atoms. The molecule has 12 N–H and O–H groups in total. The number of nitrogens with one attached hydrogen (secondary N) is 5. The van der Waals surface area contributed by atoms with Crippen molar-refractivity contribution in [2.75, 3.05) is 63.2 Å². The van der Waals surface area contributed by atoms with E-state index in [-0.39, 0.29) is 77.5 Å². The Morgan fingerprint density at radius 3 is 1.29 bits per heavy atom. The Balaban J connectivity index is 0.000000150. The van der Waals surface area contributed by atoms with Crippen LogP contribution in [0.3, 0.4) is 0 Å². The number of carboxylic acid groups (broad SMARTS) is 1. The van der Waals surface area contributed by atoms with Crippen molar-refractivity contribution in [3.05, 3.63) is 203 Å². The van der Waals surface area contributed by atoms with Gasteiger partial charge >= 0.3 is 5.97 Å². The van der Waals surface area contributed by atoms with Gasteiger partial charge < -0.3 is 75.4 Å². The molecule has 12 aromatic rings. The molecule has 0 radical (unpaired) electrons. The molecule has 27 nitrogen and oxygen atoms in total. The molecule has 540 valence electrons. The number of nitrogens with two attached hydrogens (primary N) is 1. The first-order valence-corrected chi connectivity index (χ1v) is 36.6. The maximum atomic E-state index is 12.9. The number of aliphatic hydroxyl groups excluding tert-OH is 2. The van der Waals surface area contributed by atoms with E-state index in [2.05, 4.69) is 45.9 Å². The minimum atomic E-state index is -4.37. The average Bonchev–Trinajstić information content (AvgIpc) is 1.40. The number of hydrogen-bond acceptors (Lipinski definition) is 21. The number of aromatic carboxylic acids is 1. The maximum Gasteiger partial charge on any atom is 0.335 e. The lowest BCUT2D eigenvalue weighted by atomic mass is 10.0. The Bertz CT molecular complexity index is 5470. The number of benzene rings is 8. The molecule has 0 spiro atoms. The van der Waals surface area contributed by atoms with Crippen LogP contribution >= 0.6 is 23.2 Å². The van der Waals surface area contributed by atoms with Crippen molar-refractivity contribution >= 4 is 111 Å². The molecule has 4 saturated heterocycles. The zero-order valence-corrected chi connectivity index (χ0v) is 58.3. The van der Waals surface area contributed by atoms with E-state index in [1.165, 1.54) is 12.1 Å². The average molecular weight is 1500 g/mol. The number of halogens is 2. The first kappa shape index (κ1) is 71.8. The highest BCUT2D eigenvalue weighted by atomic mass is 35.5. The van der Waals surface area contributed by atoms with Gasteiger partial charge in [-0.15, -0.1) is 0 Å². The molecule has 4 aromatic heterocycles. The second kappa shape index (κ2) is 30.5. The van der Waals surface area contributed by atoms with Gasteiger partial charge in [0.2, 0.25) is 0 Å². The predicted molar refractivity (Wildman–Crippen MR) is 392 cm³/mol. The Kier molecular flexibility index (Phi) is 20.8. The number of aromatic nitrogens is 6. The molecule has 4 fully saturated rings. The fourth-order valence-electron chi connectivity index (χ4n) is 12.9. The van der Waals surface area contributed by atoms with Gasteiger partial charge in [-0.05, 0) is 82.9 Å². The van der Waals surface area contributed by atoms with Gasteiger partial charge in [0.1, 0.15) is 46.4 Å². The number of aliphatic hydroxyl groups is 2. The van der Waals surface area contributed by atoms with E-state index in [1.807, 2.05) is 66.7 Å². The van der Waals surface area contributed by atoms with Gasteiger partial charge in [-0.1, -0.05) is 145 Å². The highest BCUT2D eigenvalue weighted by Gasteiger charge is 2.50. The number of aromatic amines is 2. The minimum absolute atomic E-state index is 0.0867. The van der Waals surface area contributed by atoms with Crippen LogP contribution in [0.5, 0.6) is 12.0 Å². The summed E-state index contributed by atoms with van der Waals surface area (Å²) >= 11 is 13.2. The first-order valence-electron chi connectivity index (χ1n) is 33.0. The second-order valence-electron chi connectivity index (χ2n) is 24.9. The number of imidazole rings is 2. The summed E-state index contributed by atoms with van der Waals surface area (Å²) in [6, 6.07) is 53.3. The number of amides is 1. The van der Waals surface area contributed by atoms with Crippen LogP contribution in [-0.4, -0.2) is 184 Å². The number of rotatable bonds is 19. The van der Waals surface area contributed by atoms with Crippen molar-refractivity contribution in [2.45, 2.75) is 58.6 Å². The van der Waals surface area contributed by atoms with Crippen LogP contribution in [0.4, 0.5) is 11.4 Å². The SMILES string of the molecule is NCCNc1cccc2c(S(=O)(=O)O)cccc12.O=C(NCCNc1cccc2c(S(=O)(=O)O)cccc12)c1ccc(-c2ccc(-c3nc4nc(O[C@@H]5CO[C@H]6[C@@H]5OC[C@H]6O)[nH]c4cc3Cl)cc2)cc1.O=C(O)c1ccc(-c2ccc(-c3nc4nc(O[C@@H]5CO[C@H]6[C@@H]5OC[C@H]6O)[nH]c4cc3Cl)cc2)cc1. The zero-order chi connectivity index (χ0) is 73.3. The van der Waals surface area contributed by atoms with Crippen molar-refractivity contribution < 1.29 is 79.3 Å². The van der Waals surface area contributed by atoms with Crippen LogP contribution in [0.25, 0.3) is 88.6 Å². The summed E-state index contributed by atoms with van der Waals surface area (Å²) in [6.45, 7) is 2.80. The van der Waals surface area contributed by atoms with Crippen LogP contribution in [-0.2, 0) is 39.2 Å². The number of carbonyl (C=O) groups excluding carboxylic acids is 1. The number of anilines is 2. The molecule has 31 heteroatoms. The number of nitrogens with zero attached hydrogens (tertiary/aromatic N) is 4. The number of ether oxygens (including phenoxy) is 6. The van der Waals surface area contributed by atoms with Crippen molar-refractivity contribution in [3.8, 4) is 56.8 Å². The highest BCUT2D eigenvalue weighted by Crippen LogP contribution is 2.38. The molecule has 8 atom stereocenters. The molecule has 105 heavy (non-hydrogen) atoms. The third kappa shape index (κ3) is 15.6. The number of carbonyl (C=O) groups is 2. The topological polar surface area (TPSA) is 404 Å². The van der Waals surface area contributed by atoms with E-state index in [0.29, 0.717) is 104 Å². The molecular weight excluding hydrogens is 1440 g/mol. The summed E-state index contributed by atoms with van der Waals surface area (Å²) in [4.78, 5) is 48.1. The summed E-state index contributed by atoms with van der Waals surface area (Å²) in [7, 11) is -8.59. The van der Waals surface area contributed by atoms with E-state index in [0.717, 1.165) is 44.5 Å². The number of pyridine rings is 2. The summed E-state index contributed by atoms with van der Waals surface area (Å²) in [5.74, 6) is -1.19. The standard InChI is InChI=1S/C37H32ClN5O8S.C25H20ClN3O6.C12H14N2O3S/c38-26-17-28-35(43-37(41-28)51-30-19-50-33-29(44)18-49-34(30)33)42-32(26)22-11-7-20(8-12-22)21-9-13-23(14-10-21)36(45)40-16-15-39-27-5-1-4-25-24(27)3-2-6-31(25)52(46,47)48;26-16-9-17-23(29-25(27-17)35-19-11-34-21-18(30)10-33-22(19)21)28-20(16)14-5-1-12(2-6-14)13-3-7-15(8-4-13)24(31)32;13-7-8-14-11-5-1-4-10-9(11)3-2-6-12(10)18(15,16)17/h1-14,17,29-30,33-34,39,44H,15-16,18-19H2,(H,40,45)(H,41,42,43)(H,46,47,48);1-9,18-19,21-22,30H,10-11H2,(H,31,32)(H,27,28,29);1-6,14H,7-8,13H2,(H,15,16,17)/t29-,30-,33-,34-;18-,19-,21-,22-;/m11./s1. The van der Waals surface area contributed by atoms with Crippen molar-refractivity contribution in [1.82, 2.24) is 35.2 Å². The van der Waals surface area contributed by atoms with Crippen LogP contribution in [0.15, 0.2) is 192 Å². The summed E-state index contributed by atoms with van der Waals surface area (Å²) in [6.07, 6.45) is -3.62. The smallest absolute Gasteiger partial charge is 0.335 e. The summed E-state index contributed by atoms with van der Waals surface area (Å²) < 4.78 is 99.3. The maximum absolute atomic E-state index is 12.9. The van der Waals surface area contributed by atoms with Crippen molar-refractivity contribution in [3.63, 3.8) is 0 Å². The number of fused-ring (bicyclic) bond motifs is 6. The Hall–Kier alpha value is -10.2. The van der Waals surface area contributed by atoms with E-state index in [9.17, 15) is 45.7 Å². The van der Waals surface area contributed by atoms with Gasteiger partial charge in [-0.3, -0.25) is 13.9 Å². The molecule has 0 saturated carbocycles. The van der Waals surface area contributed by atoms with Crippen molar-refractivity contribution in [1.29, 1.82) is 0 Å². The van der Waals surface area contributed by atoms with Gasteiger partial charge in [0, 0.05) is 75.8 Å². The lowest BCUT2D eigenvalue weighted by molar-refractivity contribution is 0.00703. The molecule has 4 aliphatic rings. The van der Waals surface area contributed by atoms with E-state index >= 15 is 0 Å². The second-order valence-corrected chi connectivity index (χ2v) is 28.5. The molecule has 16 rings (SSSR count). The quantitative estimate of drug-likeness (QED) is 0.0265. The van der Waals surface area contributed by atoms with Gasteiger partial charge in [-0.25, -0.2) is 14.8 Å². The third-order valence-corrected chi connectivity index (χ3v) is 20.5. The molecule has 0 unspecified atom stereocenters. The molecule has 1 amide bonds. The van der Waals surface area contributed by atoms with Crippen LogP contribution in [0.2, 0.25) is 10.0 Å². The van der Waals surface area contributed by atoms with E-state index < -0.39 is 50.6 Å².